The van der Waals surface area contributed by atoms with Gasteiger partial charge in [-0.3, -0.25) is 4.72 Å². The van der Waals surface area contributed by atoms with Crippen LogP contribution in [0.1, 0.15) is 25.3 Å². The van der Waals surface area contributed by atoms with Crippen LogP contribution < -0.4 is 10.0 Å². The predicted molar refractivity (Wildman–Crippen MR) is 81.7 cm³/mol. The van der Waals surface area contributed by atoms with Crippen LogP contribution in [-0.4, -0.2) is 32.9 Å². The molecule has 0 aromatic heterocycles. The molecule has 0 bridgehead atoms. The SMILES string of the molecule is CNCc1ccccc1NS(=O)(=O)N1CCC(C)CC1. The minimum atomic E-state index is -3.45. The first-order chi connectivity index (χ1) is 9.53. The highest BCUT2D eigenvalue weighted by atomic mass is 32.2. The quantitative estimate of drug-likeness (QED) is 0.871. The zero-order chi connectivity index (χ0) is 14.6. The average molecular weight is 297 g/mol. The van der Waals surface area contributed by atoms with Crippen LogP contribution in [0.4, 0.5) is 5.69 Å². The Morgan fingerprint density at radius 1 is 1.25 bits per heavy atom. The number of hydrogen-bond acceptors (Lipinski definition) is 3. The van der Waals surface area contributed by atoms with Crippen LogP contribution in [0.15, 0.2) is 24.3 Å². The number of piperidine rings is 1. The molecule has 0 spiro atoms. The van der Waals surface area contributed by atoms with E-state index in [1.54, 1.807) is 10.4 Å². The van der Waals surface area contributed by atoms with Crippen molar-refractivity contribution in [2.45, 2.75) is 26.3 Å². The van der Waals surface area contributed by atoms with Crippen LogP contribution in [-0.2, 0) is 16.8 Å². The second kappa shape index (κ2) is 6.56. The summed E-state index contributed by atoms with van der Waals surface area (Å²) in [7, 11) is -1.60. The fourth-order valence-electron chi connectivity index (χ4n) is 2.39. The summed E-state index contributed by atoms with van der Waals surface area (Å²) in [5.74, 6) is 0.609. The van der Waals surface area contributed by atoms with Crippen molar-refractivity contribution in [2.75, 3.05) is 24.9 Å². The van der Waals surface area contributed by atoms with Crippen molar-refractivity contribution in [3.05, 3.63) is 29.8 Å². The Balaban J connectivity index is 2.12. The summed E-state index contributed by atoms with van der Waals surface area (Å²) in [4.78, 5) is 0. The highest BCUT2D eigenvalue weighted by molar-refractivity contribution is 7.90. The summed E-state index contributed by atoms with van der Waals surface area (Å²) in [6.07, 6.45) is 1.86. The van der Waals surface area contributed by atoms with Crippen molar-refractivity contribution in [1.82, 2.24) is 9.62 Å². The molecule has 0 aliphatic carbocycles. The lowest BCUT2D eigenvalue weighted by atomic mass is 10.0. The third kappa shape index (κ3) is 3.71. The summed E-state index contributed by atoms with van der Waals surface area (Å²) < 4.78 is 29.1. The van der Waals surface area contributed by atoms with Crippen LogP contribution in [0.2, 0.25) is 0 Å². The van der Waals surface area contributed by atoms with Gasteiger partial charge < -0.3 is 5.32 Å². The molecule has 1 aliphatic rings. The summed E-state index contributed by atoms with van der Waals surface area (Å²) >= 11 is 0. The Bertz CT molecular complexity index is 537. The molecule has 1 heterocycles. The van der Waals surface area contributed by atoms with Crippen LogP contribution in [0.3, 0.4) is 0 Å². The summed E-state index contributed by atoms with van der Waals surface area (Å²) in [5, 5.41) is 3.05. The number of hydrogen-bond donors (Lipinski definition) is 2. The van der Waals surface area contributed by atoms with Crippen molar-refractivity contribution >= 4 is 15.9 Å². The van der Waals surface area contributed by atoms with Gasteiger partial charge in [-0.05, 0) is 37.4 Å². The average Bonchev–Trinajstić information content (AvgIpc) is 2.41. The van der Waals surface area contributed by atoms with Gasteiger partial charge >= 0.3 is 10.2 Å². The van der Waals surface area contributed by atoms with Gasteiger partial charge in [0.2, 0.25) is 0 Å². The number of anilines is 1. The van der Waals surface area contributed by atoms with Crippen LogP contribution in [0.5, 0.6) is 0 Å². The first-order valence-corrected chi connectivity index (χ1v) is 8.47. The Morgan fingerprint density at radius 3 is 2.55 bits per heavy atom. The van der Waals surface area contributed by atoms with E-state index >= 15 is 0 Å². The summed E-state index contributed by atoms with van der Waals surface area (Å²) in [6, 6.07) is 7.48. The number of nitrogens with zero attached hydrogens (tertiary/aromatic N) is 1. The van der Waals surface area contributed by atoms with Gasteiger partial charge in [-0.25, -0.2) is 0 Å². The van der Waals surface area contributed by atoms with E-state index in [2.05, 4.69) is 17.0 Å². The lowest BCUT2D eigenvalue weighted by Gasteiger charge is -2.29. The van der Waals surface area contributed by atoms with Gasteiger partial charge in [-0.1, -0.05) is 25.1 Å². The number of rotatable bonds is 5. The maximum atomic E-state index is 12.4. The second-order valence-corrected chi connectivity index (χ2v) is 7.05. The molecule has 6 heteroatoms. The molecule has 0 atom stereocenters. The molecule has 1 fully saturated rings. The second-order valence-electron chi connectivity index (χ2n) is 5.38. The van der Waals surface area contributed by atoms with Crippen molar-refractivity contribution < 1.29 is 8.42 Å². The first kappa shape index (κ1) is 15.3. The molecule has 20 heavy (non-hydrogen) atoms. The predicted octanol–water partition coefficient (Wildman–Crippen LogP) is 1.79. The van der Waals surface area contributed by atoms with E-state index in [1.807, 2.05) is 25.2 Å². The van der Waals surface area contributed by atoms with Crippen LogP contribution in [0.25, 0.3) is 0 Å². The van der Waals surface area contributed by atoms with Gasteiger partial charge in [0.1, 0.15) is 0 Å². The highest BCUT2D eigenvalue weighted by Gasteiger charge is 2.26. The summed E-state index contributed by atoms with van der Waals surface area (Å²) in [6.45, 7) is 4.00. The van der Waals surface area contributed by atoms with E-state index in [0.717, 1.165) is 18.4 Å². The Labute approximate surface area is 121 Å². The van der Waals surface area contributed by atoms with E-state index < -0.39 is 10.2 Å². The molecule has 0 saturated carbocycles. The van der Waals surface area contributed by atoms with Crippen molar-refractivity contribution in [2.24, 2.45) is 5.92 Å². The molecular formula is C14H23N3O2S. The van der Waals surface area contributed by atoms with E-state index in [4.69, 9.17) is 0 Å². The fourth-order valence-corrected chi connectivity index (χ4v) is 3.69. The van der Waals surface area contributed by atoms with Crippen molar-refractivity contribution in [1.29, 1.82) is 0 Å². The molecule has 2 rings (SSSR count). The zero-order valence-electron chi connectivity index (χ0n) is 12.1. The molecule has 0 radical (unpaired) electrons. The van der Waals surface area contributed by atoms with Crippen LogP contribution >= 0.6 is 0 Å². The Morgan fingerprint density at radius 2 is 1.90 bits per heavy atom. The number of nitrogens with one attached hydrogen (secondary N) is 2. The molecule has 1 aromatic rings. The third-order valence-corrected chi connectivity index (χ3v) is 5.23. The standard InChI is InChI=1S/C14H23N3O2S/c1-12-7-9-17(10-8-12)20(18,19)16-14-6-4-3-5-13(14)11-15-2/h3-6,12,15-16H,7-11H2,1-2H3. The molecule has 1 aliphatic heterocycles. The van der Waals surface area contributed by atoms with Gasteiger partial charge in [0.05, 0.1) is 5.69 Å². The van der Waals surface area contributed by atoms with Gasteiger partial charge in [-0.15, -0.1) is 0 Å². The number of para-hydroxylation sites is 1. The third-order valence-electron chi connectivity index (χ3n) is 3.71. The first-order valence-electron chi connectivity index (χ1n) is 7.03. The molecule has 112 valence electrons. The highest BCUT2D eigenvalue weighted by Crippen LogP contribution is 2.22. The molecule has 5 nitrogen and oxygen atoms in total. The van der Waals surface area contributed by atoms with Gasteiger partial charge in [0, 0.05) is 19.6 Å². The Hall–Kier alpha value is -1.11. The maximum Gasteiger partial charge on any atom is 0.301 e. The normalized spacial score (nSPS) is 18.1. The van der Waals surface area contributed by atoms with E-state index in [1.165, 1.54) is 0 Å². The van der Waals surface area contributed by atoms with E-state index in [0.29, 0.717) is 31.2 Å². The van der Waals surface area contributed by atoms with Crippen LogP contribution in [0, 0.1) is 5.92 Å². The summed E-state index contributed by atoms with van der Waals surface area (Å²) in [5.41, 5.74) is 1.60. The minimum absolute atomic E-state index is 0.602. The maximum absolute atomic E-state index is 12.4. The number of benzene rings is 1. The lowest BCUT2D eigenvalue weighted by Crippen LogP contribution is -2.41. The minimum Gasteiger partial charge on any atom is -0.316 e. The fraction of sp³-hybridized carbons (Fsp3) is 0.571. The monoisotopic (exact) mass is 297 g/mol. The largest absolute Gasteiger partial charge is 0.316 e. The zero-order valence-corrected chi connectivity index (χ0v) is 12.9. The lowest BCUT2D eigenvalue weighted by molar-refractivity contribution is 0.289. The molecule has 0 amide bonds. The van der Waals surface area contributed by atoms with E-state index in [9.17, 15) is 8.42 Å². The topological polar surface area (TPSA) is 61.4 Å². The van der Waals surface area contributed by atoms with E-state index in [-0.39, 0.29) is 0 Å². The molecule has 1 aromatic carbocycles. The van der Waals surface area contributed by atoms with Gasteiger partial charge in [-0.2, -0.15) is 12.7 Å². The Kier molecular flexibility index (Phi) is 5.01. The van der Waals surface area contributed by atoms with Crippen molar-refractivity contribution in [3.8, 4) is 0 Å². The van der Waals surface area contributed by atoms with Gasteiger partial charge in [0.15, 0.2) is 0 Å². The van der Waals surface area contributed by atoms with Gasteiger partial charge in [0.25, 0.3) is 0 Å². The molecule has 0 unspecified atom stereocenters. The molecular weight excluding hydrogens is 274 g/mol. The smallest absolute Gasteiger partial charge is 0.301 e. The molecule has 1 saturated heterocycles. The van der Waals surface area contributed by atoms with Crippen molar-refractivity contribution in [3.63, 3.8) is 0 Å². The molecule has 2 N–H and O–H groups in total.